The summed E-state index contributed by atoms with van der Waals surface area (Å²) in [4.78, 5) is 0. The van der Waals surface area contributed by atoms with E-state index < -0.39 is 0 Å². The van der Waals surface area contributed by atoms with Gasteiger partial charge in [0.2, 0.25) is 0 Å². The van der Waals surface area contributed by atoms with Crippen LogP contribution in [0.5, 0.6) is 0 Å². The summed E-state index contributed by atoms with van der Waals surface area (Å²) in [5, 5.41) is 0. The highest BCUT2D eigenvalue weighted by Crippen LogP contribution is 2.16. The second-order valence-electron chi connectivity index (χ2n) is 2.76. The highest BCUT2D eigenvalue weighted by molar-refractivity contribution is 5.44. The van der Waals surface area contributed by atoms with Gasteiger partial charge in [0, 0.05) is 5.56 Å². The van der Waals surface area contributed by atoms with Crippen LogP contribution in [0, 0.1) is 0 Å². The monoisotopic (exact) mass is 150 g/mol. The van der Waals surface area contributed by atoms with Crippen molar-refractivity contribution in [2.75, 3.05) is 0 Å². The molecule has 0 atom stereocenters. The summed E-state index contributed by atoms with van der Waals surface area (Å²) in [7, 11) is 0. The second kappa shape index (κ2) is 3.54. The molecule has 0 aliphatic rings. The molecule has 60 valence electrons. The lowest BCUT2D eigenvalue weighted by Gasteiger charge is -2.04. The fraction of sp³-hybridized carbons (Fsp3) is 0.400. The summed E-state index contributed by atoms with van der Waals surface area (Å²) in [5.41, 5.74) is 8.06. The van der Waals surface area contributed by atoms with Crippen LogP contribution < -0.4 is 5.73 Å². The molecule has 1 rings (SSSR count). The standard InChI is InChI=1S/C10H15N/c1-3-8-6-5-7-10(11)9(8)4-2/h5-7H,3-4,11H2,1-2H3/p+1. The maximum absolute atomic E-state index is 4.00. The van der Waals surface area contributed by atoms with E-state index in [0.29, 0.717) is 0 Å². The molecular formula is C10H16N+. The van der Waals surface area contributed by atoms with Gasteiger partial charge in [0.15, 0.2) is 0 Å². The van der Waals surface area contributed by atoms with Crippen LogP contribution in [-0.2, 0) is 12.8 Å². The van der Waals surface area contributed by atoms with E-state index in [2.05, 4.69) is 37.8 Å². The third-order valence-corrected chi connectivity index (χ3v) is 2.10. The van der Waals surface area contributed by atoms with Gasteiger partial charge in [-0.2, -0.15) is 0 Å². The van der Waals surface area contributed by atoms with Crippen LogP contribution in [0.25, 0.3) is 0 Å². The van der Waals surface area contributed by atoms with Gasteiger partial charge in [-0.25, -0.2) is 0 Å². The fourth-order valence-corrected chi connectivity index (χ4v) is 1.47. The summed E-state index contributed by atoms with van der Waals surface area (Å²) >= 11 is 0. The molecule has 0 radical (unpaired) electrons. The zero-order valence-corrected chi connectivity index (χ0v) is 7.35. The Kier molecular flexibility index (Phi) is 2.66. The van der Waals surface area contributed by atoms with Crippen LogP contribution in [0.15, 0.2) is 18.2 Å². The van der Waals surface area contributed by atoms with Crippen LogP contribution in [0.4, 0.5) is 5.69 Å². The molecule has 0 aliphatic heterocycles. The van der Waals surface area contributed by atoms with E-state index in [9.17, 15) is 0 Å². The van der Waals surface area contributed by atoms with Crippen molar-refractivity contribution in [2.45, 2.75) is 26.7 Å². The topological polar surface area (TPSA) is 27.6 Å². The normalized spacial score (nSPS) is 10.1. The van der Waals surface area contributed by atoms with Gasteiger partial charge in [0.1, 0.15) is 5.69 Å². The Morgan fingerprint density at radius 2 is 1.91 bits per heavy atom. The molecule has 1 aromatic carbocycles. The van der Waals surface area contributed by atoms with Crippen molar-refractivity contribution < 1.29 is 5.73 Å². The summed E-state index contributed by atoms with van der Waals surface area (Å²) < 4.78 is 0. The Morgan fingerprint density at radius 1 is 1.18 bits per heavy atom. The van der Waals surface area contributed by atoms with Gasteiger partial charge in [-0.1, -0.05) is 26.0 Å². The minimum absolute atomic E-state index is 1.10. The van der Waals surface area contributed by atoms with Crippen LogP contribution in [-0.4, -0.2) is 0 Å². The zero-order chi connectivity index (χ0) is 8.27. The van der Waals surface area contributed by atoms with Gasteiger partial charge in [-0.05, 0) is 24.5 Å². The smallest absolute Gasteiger partial charge is 0.131 e. The predicted octanol–water partition coefficient (Wildman–Crippen LogP) is 1.68. The van der Waals surface area contributed by atoms with E-state index in [1.54, 1.807) is 0 Å². The summed E-state index contributed by atoms with van der Waals surface area (Å²) in [5.74, 6) is 0. The van der Waals surface area contributed by atoms with E-state index in [4.69, 9.17) is 0 Å². The first-order chi connectivity index (χ1) is 5.29. The van der Waals surface area contributed by atoms with Gasteiger partial charge in [-0.15, -0.1) is 0 Å². The number of hydrogen-bond acceptors (Lipinski definition) is 0. The minimum atomic E-state index is 1.10. The molecule has 1 heteroatoms. The third-order valence-electron chi connectivity index (χ3n) is 2.10. The average Bonchev–Trinajstić information content (AvgIpc) is 2.04. The van der Waals surface area contributed by atoms with Crippen molar-refractivity contribution in [1.82, 2.24) is 0 Å². The Bertz CT molecular complexity index is 241. The number of benzene rings is 1. The SMILES string of the molecule is CCc1cccc([NH3+])c1CC. The first-order valence-corrected chi connectivity index (χ1v) is 4.22. The van der Waals surface area contributed by atoms with Crippen molar-refractivity contribution in [3.8, 4) is 0 Å². The van der Waals surface area contributed by atoms with Crippen molar-refractivity contribution >= 4 is 5.69 Å². The Morgan fingerprint density at radius 3 is 2.36 bits per heavy atom. The van der Waals surface area contributed by atoms with E-state index in [1.807, 2.05) is 0 Å². The first kappa shape index (κ1) is 8.28. The molecule has 1 nitrogen and oxygen atoms in total. The second-order valence-corrected chi connectivity index (χ2v) is 2.76. The number of rotatable bonds is 2. The van der Waals surface area contributed by atoms with Crippen molar-refractivity contribution in [3.05, 3.63) is 29.3 Å². The summed E-state index contributed by atoms with van der Waals surface area (Å²) in [6.45, 7) is 4.37. The number of quaternary nitrogens is 1. The van der Waals surface area contributed by atoms with Crippen LogP contribution in [0.2, 0.25) is 0 Å². The fourth-order valence-electron chi connectivity index (χ4n) is 1.47. The lowest BCUT2D eigenvalue weighted by atomic mass is 10.0. The lowest BCUT2D eigenvalue weighted by Crippen LogP contribution is -2.41. The van der Waals surface area contributed by atoms with Crippen molar-refractivity contribution in [3.63, 3.8) is 0 Å². The predicted molar refractivity (Wildman–Crippen MR) is 47.7 cm³/mol. The minimum Gasteiger partial charge on any atom is -0.325 e. The summed E-state index contributed by atoms with van der Waals surface area (Å²) in [6.07, 6.45) is 2.22. The van der Waals surface area contributed by atoms with Gasteiger partial charge < -0.3 is 5.73 Å². The average molecular weight is 150 g/mol. The molecule has 0 aromatic heterocycles. The molecule has 11 heavy (non-hydrogen) atoms. The highest BCUT2D eigenvalue weighted by Gasteiger charge is 2.03. The summed E-state index contributed by atoms with van der Waals surface area (Å²) in [6, 6.07) is 6.35. The van der Waals surface area contributed by atoms with E-state index >= 15 is 0 Å². The maximum Gasteiger partial charge on any atom is 0.131 e. The largest absolute Gasteiger partial charge is 0.325 e. The maximum atomic E-state index is 4.00. The van der Waals surface area contributed by atoms with Crippen molar-refractivity contribution in [1.29, 1.82) is 0 Å². The molecule has 0 spiro atoms. The Balaban J connectivity index is 3.13. The molecule has 0 unspecified atom stereocenters. The number of hydrogen-bond donors (Lipinski definition) is 1. The van der Waals surface area contributed by atoms with E-state index in [1.165, 1.54) is 16.8 Å². The van der Waals surface area contributed by atoms with Crippen LogP contribution >= 0.6 is 0 Å². The van der Waals surface area contributed by atoms with Crippen LogP contribution in [0.3, 0.4) is 0 Å². The van der Waals surface area contributed by atoms with Gasteiger partial charge in [-0.3, -0.25) is 0 Å². The molecule has 0 saturated carbocycles. The Labute approximate surface area is 68.2 Å². The zero-order valence-electron chi connectivity index (χ0n) is 7.35. The third kappa shape index (κ3) is 1.60. The molecule has 0 aliphatic carbocycles. The van der Waals surface area contributed by atoms with Crippen LogP contribution in [0.1, 0.15) is 25.0 Å². The van der Waals surface area contributed by atoms with Gasteiger partial charge in [0.25, 0.3) is 0 Å². The first-order valence-electron chi connectivity index (χ1n) is 4.22. The Hall–Kier alpha value is -0.820. The molecule has 0 heterocycles. The molecular weight excluding hydrogens is 134 g/mol. The molecule has 3 N–H and O–H groups in total. The number of aryl methyl sites for hydroxylation is 1. The van der Waals surface area contributed by atoms with E-state index in [-0.39, 0.29) is 0 Å². The molecule has 0 amide bonds. The molecule has 0 fully saturated rings. The molecule has 1 aromatic rings. The highest BCUT2D eigenvalue weighted by atomic mass is 14.6. The van der Waals surface area contributed by atoms with Gasteiger partial charge >= 0.3 is 0 Å². The lowest BCUT2D eigenvalue weighted by molar-refractivity contribution is -0.255. The van der Waals surface area contributed by atoms with Crippen molar-refractivity contribution in [2.24, 2.45) is 0 Å². The molecule has 0 saturated heterocycles. The molecule has 0 bridgehead atoms. The van der Waals surface area contributed by atoms with E-state index in [0.717, 1.165) is 12.8 Å². The van der Waals surface area contributed by atoms with Gasteiger partial charge in [0.05, 0.1) is 0 Å². The quantitative estimate of drug-likeness (QED) is 0.664.